The number of ether oxygens (including phenoxy) is 1. The zero-order valence-electron chi connectivity index (χ0n) is 15.3. The van der Waals surface area contributed by atoms with Gasteiger partial charge in [0.2, 0.25) is 5.91 Å². The first-order valence-electron chi connectivity index (χ1n) is 8.58. The van der Waals surface area contributed by atoms with Gasteiger partial charge in [-0.2, -0.15) is 0 Å². The number of para-hydroxylation sites is 2. The van der Waals surface area contributed by atoms with Gasteiger partial charge in [0.15, 0.2) is 16.1 Å². The number of thiazole rings is 1. The molecule has 3 heterocycles. The number of nitrogens with zero attached hydrogens (tertiary/aromatic N) is 5. The fourth-order valence-electron chi connectivity index (χ4n) is 2.63. The van der Waals surface area contributed by atoms with E-state index in [2.05, 4.69) is 25.5 Å². The van der Waals surface area contributed by atoms with E-state index < -0.39 is 0 Å². The van der Waals surface area contributed by atoms with Crippen LogP contribution in [-0.2, 0) is 4.79 Å². The Kier molecular flexibility index (Phi) is 5.82. The normalized spacial score (nSPS) is 10.7. The summed E-state index contributed by atoms with van der Waals surface area (Å²) >= 11 is 2.65. The molecule has 29 heavy (non-hydrogen) atoms. The second kappa shape index (κ2) is 8.84. The number of benzene rings is 1. The zero-order chi connectivity index (χ0) is 20.1. The Morgan fingerprint density at radius 1 is 1.14 bits per heavy atom. The summed E-state index contributed by atoms with van der Waals surface area (Å²) in [7, 11) is 1.61. The minimum Gasteiger partial charge on any atom is -0.495 e. The molecule has 0 bridgehead atoms. The molecule has 0 aliphatic carbocycles. The van der Waals surface area contributed by atoms with E-state index in [1.807, 2.05) is 47.0 Å². The van der Waals surface area contributed by atoms with Crippen molar-refractivity contribution < 1.29 is 9.53 Å². The van der Waals surface area contributed by atoms with E-state index in [-0.39, 0.29) is 11.7 Å². The third-order valence-electron chi connectivity index (χ3n) is 3.86. The molecule has 4 aromatic rings. The summed E-state index contributed by atoms with van der Waals surface area (Å²) in [5.41, 5.74) is 1.44. The van der Waals surface area contributed by atoms with Crippen molar-refractivity contribution in [3.63, 3.8) is 0 Å². The number of nitrogens with one attached hydrogen (secondary N) is 1. The number of hydrogen-bond donors (Lipinski definition) is 1. The van der Waals surface area contributed by atoms with Crippen LogP contribution in [0.4, 0.5) is 5.13 Å². The first kappa shape index (κ1) is 19.1. The maximum Gasteiger partial charge on any atom is 0.236 e. The molecule has 10 heteroatoms. The minimum atomic E-state index is -0.168. The van der Waals surface area contributed by atoms with E-state index in [1.165, 1.54) is 23.1 Å². The van der Waals surface area contributed by atoms with E-state index in [0.29, 0.717) is 27.6 Å². The van der Waals surface area contributed by atoms with Crippen LogP contribution >= 0.6 is 23.1 Å². The predicted molar refractivity (Wildman–Crippen MR) is 113 cm³/mol. The molecule has 1 aromatic carbocycles. The van der Waals surface area contributed by atoms with Crippen LogP contribution in [0, 0.1) is 0 Å². The second-order valence-corrected chi connectivity index (χ2v) is 7.54. The molecule has 0 spiro atoms. The Labute approximate surface area is 175 Å². The van der Waals surface area contributed by atoms with Gasteiger partial charge in [-0.05, 0) is 24.3 Å². The average molecular weight is 425 g/mol. The van der Waals surface area contributed by atoms with Crippen molar-refractivity contribution in [1.82, 2.24) is 24.7 Å². The van der Waals surface area contributed by atoms with Gasteiger partial charge < -0.3 is 10.1 Å². The number of anilines is 1. The predicted octanol–water partition coefficient (Wildman–Crippen LogP) is 3.53. The quantitative estimate of drug-likeness (QED) is 0.454. The minimum absolute atomic E-state index is 0.162. The molecule has 0 fully saturated rings. The van der Waals surface area contributed by atoms with Crippen molar-refractivity contribution in [2.75, 3.05) is 18.2 Å². The summed E-state index contributed by atoms with van der Waals surface area (Å²) in [5, 5.41) is 14.3. The van der Waals surface area contributed by atoms with Crippen molar-refractivity contribution >= 4 is 34.1 Å². The number of amides is 1. The highest BCUT2D eigenvalue weighted by Gasteiger charge is 2.20. The van der Waals surface area contributed by atoms with Gasteiger partial charge in [0.25, 0.3) is 0 Å². The van der Waals surface area contributed by atoms with E-state index in [0.717, 1.165) is 5.69 Å². The zero-order valence-corrected chi connectivity index (χ0v) is 17.0. The van der Waals surface area contributed by atoms with Crippen LogP contribution in [0.2, 0.25) is 0 Å². The molecule has 4 rings (SSSR count). The largest absolute Gasteiger partial charge is 0.495 e. The summed E-state index contributed by atoms with van der Waals surface area (Å²) < 4.78 is 7.37. The smallest absolute Gasteiger partial charge is 0.236 e. The van der Waals surface area contributed by atoms with Crippen molar-refractivity contribution in [3.8, 4) is 23.0 Å². The van der Waals surface area contributed by atoms with Crippen molar-refractivity contribution in [2.24, 2.45) is 0 Å². The lowest BCUT2D eigenvalue weighted by molar-refractivity contribution is -0.113. The van der Waals surface area contributed by atoms with E-state index in [4.69, 9.17) is 4.74 Å². The molecule has 1 N–H and O–H groups in total. The lowest BCUT2D eigenvalue weighted by atomic mass is 10.2. The molecular weight excluding hydrogens is 408 g/mol. The van der Waals surface area contributed by atoms with Gasteiger partial charge in [-0.25, -0.2) is 4.98 Å². The van der Waals surface area contributed by atoms with E-state index in [1.54, 1.807) is 24.9 Å². The summed E-state index contributed by atoms with van der Waals surface area (Å²) in [6.45, 7) is 0. The van der Waals surface area contributed by atoms with Gasteiger partial charge in [-0.1, -0.05) is 30.0 Å². The topological polar surface area (TPSA) is 94.8 Å². The number of aromatic nitrogens is 5. The van der Waals surface area contributed by atoms with Crippen molar-refractivity contribution in [1.29, 1.82) is 0 Å². The molecule has 0 aliphatic heterocycles. The number of pyridine rings is 1. The Bertz CT molecular complexity index is 1100. The fraction of sp³-hybridized carbons (Fsp3) is 0.105. The Morgan fingerprint density at radius 3 is 2.76 bits per heavy atom. The van der Waals surface area contributed by atoms with Gasteiger partial charge in [0.1, 0.15) is 11.4 Å². The van der Waals surface area contributed by atoms with Gasteiger partial charge >= 0.3 is 0 Å². The molecule has 0 saturated carbocycles. The lowest BCUT2D eigenvalue weighted by Crippen LogP contribution is -2.14. The first-order chi connectivity index (χ1) is 14.3. The highest BCUT2D eigenvalue weighted by Crippen LogP contribution is 2.31. The number of thioether (sulfide) groups is 1. The summed E-state index contributed by atoms with van der Waals surface area (Å²) in [5.74, 6) is 1.23. The molecule has 0 atom stereocenters. The van der Waals surface area contributed by atoms with Gasteiger partial charge in [0.05, 0.1) is 18.6 Å². The molecule has 0 radical (unpaired) electrons. The van der Waals surface area contributed by atoms with Crippen LogP contribution in [0.15, 0.2) is 65.4 Å². The second-order valence-electron chi connectivity index (χ2n) is 5.70. The Balaban J connectivity index is 1.67. The van der Waals surface area contributed by atoms with Gasteiger partial charge in [-0.15, -0.1) is 21.5 Å². The number of rotatable bonds is 7. The van der Waals surface area contributed by atoms with Crippen LogP contribution in [0.5, 0.6) is 5.75 Å². The highest BCUT2D eigenvalue weighted by atomic mass is 32.2. The summed E-state index contributed by atoms with van der Waals surface area (Å²) in [6, 6.07) is 13.2. The summed E-state index contributed by atoms with van der Waals surface area (Å²) in [4.78, 5) is 20.7. The fourth-order valence-corrected chi connectivity index (χ4v) is 3.92. The highest BCUT2D eigenvalue weighted by molar-refractivity contribution is 7.99. The van der Waals surface area contributed by atoms with Crippen LogP contribution in [0.3, 0.4) is 0 Å². The Morgan fingerprint density at radius 2 is 2.00 bits per heavy atom. The summed E-state index contributed by atoms with van der Waals surface area (Å²) in [6.07, 6.45) is 3.34. The number of carbonyl (C=O) groups excluding carboxylic acids is 1. The molecule has 0 unspecified atom stereocenters. The number of hydrogen-bond acceptors (Lipinski definition) is 8. The molecule has 1 amide bonds. The monoisotopic (exact) mass is 424 g/mol. The van der Waals surface area contributed by atoms with Crippen molar-refractivity contribution in [2.45, 2.75) is 5.16 Å². The van der Waals surface area contributed by atoms with Gasteiger partial charge in [0, 0.05) is 17.8 Å². The maximum absolute atomic E-state index is 12.3. The van der Waals surface area contributed by atoms with Crippen LogP contribution < -0.4 is 10.1 Å². The van der Waals surface area contributed by atoms with E-state index in [9.17, 15) is 4.79 Å². The standard InChI is InChI=1S/C19H16N6O2S2/c1-27-15-8-3-2-7-14(15)25-17(13-6-4-5-9-20-13)23-24-19(25)29-12-16(26)22-18-21-10-11-28-18/h2-11H,12H2,1H3,(H,21,22,26). The molecular formula is C19H16N6O2S2. The van der Waals surface area contributed by atoms with Crippen LogP contribution in [-0.4, -0.2) is 43.5 Å². The number of carbonyl (C=O) groups is 1. The van der Waals surface area contributed by atoms with E-state index >= 15 is 0 Å². The maximum atomic E-state index is 12.3. The van der Waals surface area contributed by atoms with Crippen molar-refractivity contribution in [3.05, 3.63) is 60.2 Å². The molecule has 0 saturated heterocycles. The first-order valence-corrected chi connectivity index (χ1v) is 10.4. The molecule has 0 aliphatic rings. The SMILES string of the molecule is COc1ccccc1-n1c(SCC(=O)Nc2nccs2)nnc1-c1ccccn1. The van der Waals surface area contributed by atoms with Gasteiger partial charge in [-0.3, -0.25) is 14.3 Å². The third kappa shape index (κ3) is 4.28. The number of methoxy groups -OCH3 is 1. The lowest BCUT2D eigenvalue weighted by Gasteiger charge is -2.13. The molecule has 8 nitrogen and oxygen atoms in total. The third-order valence-corrected chi connectivity index (χ3v) is 5.48. The Hall–Kier alpha value is -3.24. The van der Waals surface area contributed by atoms with Crippen LogP contribution in [0.1, 0.15) is 0 Å². The van der Waals surface area contributed by atoms with Crippen LogP contribution in [0.25, 0.3) is 17.2 Å². The molecule has 3 aromatic heterocycles. The average Bonchev–Trinajstić information content (AvgIpc) is 3.42. The molecule has 146 valence electrons.